The average molecular weight is 1870 g/mol. The minimum atomic E-state index is -0.896. The van der Waals surface area contributed by atoms with Gasteiger partial charge >= 0.3 is 0 Å². The summed E-state index contributed by atoms with van der Waals surface area (Å²) in [6, 6.07) is 38.6. The SMILES string of the molecule is C[N@@+]1(CC2CC2)CC[C@]23c4c5ccc(O)c4O[C@H]2[C@H](CC(=O)c2ccccc2)CC[C@@]3(O)[C@H]1C5.C[n+]1ccc(C(=O)C[C@@H]2CC[C@@]3(O)[C@H]4Cc5ccc(O)c6c5[C@@]3(CCN4CC3CC3)[C@H]2O6)cc1.Cc1c[n+](C)ccc1C(=O)C[C@@H]1CC[C@@]2(O)[C@H]3Cc4ccc(O)c5c4[C@@]2(CCN3CC2CC2)[C@H]1O5.Cc1ccccc1C(=O)C[C@@H]1CC[C@@]2(O)[C@H]3Cc4ccc(O)c5c4[C@@]2(CC[N@@+]3(C)CC2CC2)[C@H]1O5. The normalized spacial score (nSPS) is 37.1. The predicted molar refractivity (Wildman–Crippen MR) is 515 cm³/mol. The van der Waals surface area contributed by atoms with Gasteiger partial charge in [-0.05, 0) is 219 Å². The van der Waals surface area contributed by atoms with E-state index in [1.165, 1.54) is 73.6 Å². The Kier molecular flexibility index (Phi) is 20.8. The van der Waals surface area contributed by atoms with Crippen molar-refractivity contribution in [2.45, 2.75) is 286 Å². The summed E-state index contributed by atoms with van der Waals surface area (Å²) in [6.07, 6.45) is 31.0. The number of likely N-dealkylation sites (tertiary alicyclic amines) is 4. The Hall–Kier alpha value is -9.62. The number of quaternary nitrogens is 2. The molecule has 0 amide bonds. The van der Waals surface area contributed by atoms with Gasteiger partial charge in [0, 0.05) is 180 Å². The molecule has 12 aliphatic carbocycles. The Balaban J connectivity index is 0.0000000975. The maximum Gasteiger partial charge on any atom is 0.172 e. The number of pyridine rings is 2. The molecule has 8 bridgehead atoms. The van der Waals surface area contributed by atoms with Gasteiger partial charge < -0.3 is 68.8 Å². The summed E-state index contributed by atoms with van der Waals surface area (Å²) in [5.74, 6) is 6.59. The van der Waals surface area contributed by atoms with Crippen molar-refractivity contribution in [1.29, 1.82) is 0 Å². The van der Waals surface area contributed by atoms with Gasteiger partial charge in [0.15, 0.2) is 93.9 Å². The Morgan fingerprint density at radius 1 is 0.370 bits per heavy atom. The van der Waals surface area contributed by atoms with Crippen LogP contribution in [0.25, 0.3) is 0 Å². The molecular weight excluding hydrogens is 1730 g/mol. The average Bonchev–Trinajstić information content (AvgIpc) is 1.45. The number of rotatable bonds is 20. The standard InChI is InChI=1S/C30H35NO4.C29H34N2O4.C29H33NO4.C28H32N2O4/c1-18-5-3-4-6-22(18)24(33)15-21-11-12-30(34)25-16-20-9-10-23(32)27-26(20)29(30,28(21)35-27)13-14-31(25,2)17-19-7-8-19;1-17-15-30(2)11-8-21(17)23(33)13-20-7-9-29(34)24-14-19-5-6-22(32)26-25(19)28(29,27(20)35-26)10-12-31(24)16-18-3-4-18;1-30(17-18-7-8-18)14-13-28-25-20-9-10-22(31)26(25)34-27(28)21(11-12-29(28,33)24(30)16-20)15-23(32)19-5-3-2-4-6-19;1-29-11-7-18(8-12-29)22(32)14-20-6-9-28(33)23-15-19-4-5-21(31)25-24(19)27(28,26(20)34-25)10-13-30(23)16-17-2-3-17/h3-6,9-10,19,21,25,28,34H,7-8,11-17H2,1-2H3;5-6,8,11,15,18,20,24,27,34H,3-4,7,9-10,12-14,16H2,1-2H3;2-6,9-10,18,21,24,27,33H,7-8,11-17H2,1H3;4-5,7-8,11-12,17,20,23,26,33H,2-3,6,9-10,13-16H2,1H3/p+4/t21-,25+,28-,29-,30+,31-;20-,24+,27-,28-,29+;21-,24+,27-,28-,29+,30-;20-,23+,26-,27-,28+/m0000/s1. The zero-order valence-corrected chi connectivity index (χ0v) is 81.1. The Bertz CT molecular complexity index is 6330. The first kappa shape index (κ1) is 89.7. The minimum absolute atomic E-state index is 0.00418. The molecule has 138 heavy (non-hydrogen) atoms. The molecule has 8 aromatic rings. The quantitative estimate of drug-likeness (QED) is 0.0200. The van der Waals surface area contributed by atoms with Crippen LogP contribution in [0.1, 0.15) is 251 Å². The van der Waals surface area contributed by atoms with E-state index in [2.05, 4.69) is 36.0 Å². The molecule has 6 aromatic carbocycles. The van der Waals surface area contributed by atoms with Crippen LogP contribution in [0.2, 0.25) is 0 Å². The molecular formula is C116H138N6O16+4. The van der Waals surface area contributed by atoms with Crippen LogP contribution in [-0.2, 0) is 61.4 Å². The van der Waals surface area contributed by atoms with E-state index in [4.69, 9.17) is 18.9 Å². The molecule has 10 heterocycles. The van der Waals surface area contributed by atoms with Crippen molar-refractivity contribution in [2.75, 3.05) is 66.5 Å². The number of phenolic OH excluding ortho intramolecular Hbond substituents is 4. The smallest absolute Gasteiger partial charge is 0.172 e. The van der Waals surface area contributed by atoms with Crippen LogP contribution in [-0.4, -0.2) is 220 Å². The van der Waals surface area contributed by atoms with Gasteiger partial charge in [-0.3, -0.25) is 29.0 Å². The summed E-state index contributed by atoms with van der Waals surface area (Å²) in [5.41, 5.74) is 8.26. The van der Waals surface area contributed by atoms with Gasteiger partial charge in [-0.25, -0.2) is 9.13 Å². The van der Waals surface area contributed by atoms with Crippen molar-refractivity contribution in [1.82, 2.24) is 9.80 Å². The number of aromatic hydroxyl groups is 4. The molecule has 8 N–H and O–H groups in total. The second-order valence-electron chi connectivity index (χ2n) is 47.8. The molecule has 22 atom stereocenters. The zero-order chi connectivity index (χ0) is 94.8. The lowest BCUT2D eigenvalue weighted by atomic mass is 9.46. The molecule has 4 saturated heterocycles. The molecule has 4 spiro atoms. The number of ether oxygens (including phenoxy) is 4. The number of phenols is 4. The van der Waals surface area contributed by atoms with Crippen molar-refractivity contribution in [3.63, 3.8) is 0 Å². The Labute approximate surface area is 809 Å². The highest BCUT2D eigenvalue weighted by Gasteiger charge is 2.80. The maximum absolute atomic E-state index is 13.5. The van der Waals surface area contributed by atoms with E-state index in [9.17, 15) is 60.0 Å². The Morgan fingerprint density at radius 2 is 0.710 bits per heavy atom. The van der Waals surface area contributed by atoms with Gasteiger partial charge in [0.05, 0.1) is 73.1 Å². The van der Waals surface area contributed by atoms with Gasteiger partial charge in [-0.2, -0.15) is 0 Å². The van der Waals surface area contributed by atoms with Crippen LogP contribution in [0.3, 0.4) is 0 Å². The van der Waals surface area contributed by atoms with Crippen molar-refractivity contribution in [2.24, 2.45) is 61.4 Å². The number of likely N-dealkylation sites (N-methyl/N-ethyl adjacent to an activating group) is 2. The van der Waals surface area contributed by atoms with Gasteiger partial charge in [-0.15, -0.1) is 0 Å². The summed E-state index contributed by atoms with van der Waals surface area (Å²) >= 11 is 0. The van der Waals surface area contributed by atoms with Crippen LogP contribution in [0.15, 0.2) is 146 Å². The summed E-state index contributed by atoms with van der Waals surface area (Å²) in [4.78, 5) is 58.5. The molecule has 20 aliphatic rings. The van der Waals surface area contributed by atoms with Crippen LogP contribution < -0.4 is 28.1 Å². The highest BCUT2D eigenvalue weighted by Crippen LogP contribution is 2.73. The molecule has 0 radical (unpaired) electrons. The zero-order valence-electron chi connectivity index (χ0n) is 81.1. The number of nitrogens with zero attached hydrogens (tertiary/aromatic N) is 6. The number of Topliss-reactive ketones (excluding diaryl/α,β-unsaturated/α-hetero) is 4. The summed E-state index contributed by atoms with van der Waals surface area (Å²) in [6.45, 7) is 12.3. The molecule has 8 aliphatic heterocycles. The van der Waals surface area contributed by atoms with E-state index in [1.807, 2.05) is 147 Å². The lowest BCUT2D eigenvalue weighted by molar-refractivity contribution is -0.950. The first-order chi connectivity index (χ1) is 66.3. The van der Waals surface area contributed by atoms with E-state index < -0.39 is 44.1 Å². The number of aromatic nitrogens is 2. The first-order valence-electron chi connectivity index (χ1n) is 52.6. The van der Waals surface area contributed by atoms with Gasteiger partial charge in [-0.1, -0.05) is 78.9 Å². The molecule has 0 unspecified atom stereocenters. The molecule has 724 valence electrons. The molecule has 22 nitrogen and oxygen atoms in total. The van der Waals surface area contributed by atoms with Crippen molar-refractivity contribution >= 4 is 23.1 Å². The number of aliphatic hydroxyl groups is 4. The molecule has 12 fully saturated rings. The second kappa shape index (κ2) is 31.9. The van der Waals surface area contributed by atoms with Crippen molar-refractivity contribution < 1.29 is 97.1 Å². The van der Waals surface area contributed by atoms with Crippen molar-refractivity contribution in [3.05, 3.63) is 224 Å². The largest absolute Gasteiger partial charge is 0.504 e. The van der Waals surface area contributed by atoms with E-state index in [1.54, 1.807) is 24.3 Å². The number of benzene rings is 6. The van der Waals surface area contributed by atoms with E-state index in [0.29, 0.717) is 74.4 Å². The highest BCUT2D eigenvalue weighted by molar-refractivity contribution is 5.99. The minimum Gasteiger partial charge on any atom is -0.504 e. The third kappa shape index (κ3) is 13.2. The fourth-order valence-corrected chi connectivity index (χ4v) is 33.2. The summed E-state index contributed by atoms with van der Waals surface area (Å²) in [7, 11) is 8.62. The molecule has 28 rings (SSSR count). The molecule has 8 saturated carbocycles. The van der Waals surface area contributed by atoms with Gasteiger partial charge in [0.2, 0.25) is 0 Å². The lowest BCUT2D eigenvalue weighted by Gasteiger charge is -2.65. The van der Waals surface area contributed by atoms with Gasteiger partial charge in [0.1, 0.15) is 61.8 Å². The summed E-state index contributed by atoms with van der Waals surface area (Å²) < 4.78 is 32.2. The molecule has 2 aromatic heterocycles. The van der Waals surface area contributed by atoms with Crippen molar-refractivity contribution in [3.8, 4) is 46.0 Å². The molecule has 22 heteroatoms. The monoisotopic (exact) mass is 1870 g/mol. The van der Waals surface area contributed by atoms with Crippen LogP contribution >= 0.6 is 0 Å². The van der Waals surface area contributed by atoms with E-state index in [0.717, 1.165) is 218 Å². The van der Waals surface area contributed by atoms with Gasteiger partial charge in [0.25, 0.3) is 0 Å². The number of carbonyl (C=O) groups is 4. The number of hydrogen-bond donors (Lipinski definition) is 8. The summed E-state index contributed by atoms with van der Waals surface area (Å²) in [5, 5.41) is 93.6. The number of carbonyl (C=O) groups excluding carboxylic acids is 4. The lowest BCUT2D eigenvalue weighted by Crippen LogP contribution is -2.80. The fraction of sp³-hybridized carbons (Fsp3) is 0.569. The van der Waals surface area contributed by atoms with Crippen LogP contribution in [0, 0.1) is 61.2 Å². The third-order valence-electron chi connectivity index (χ3n) is 40.2. The maximum atomic E-state index is 13.5. The number of ketones is 4. The number of hydrogen-bond acceptors (Lipinski definition) is 18. The highest BCUT2D eigenvalue weighted by atomic mass is 16.5. The number of piperidine rings is 4. The van der Waals surface area contributed by atoms with E-state index in [-0.39, 0.29) is 118 Å². The fourth-order valence-electron chi connectivity index (χ4n) is 33.2. The van der Waals surface area contributed by atoms with Crippen LogP contribution in [0.4, 0.5) is 0 Å². The Morgan fingerprint density at radius 3 is 1.09 bits per heavy atom. The van der Waals surface area contributed by atoms with Crippen LogP contribution in [0.5, 0.6) is 46.0 Å². The second-order valence-corrected chi connectivity index (χ2v) is 47.8. The predicted octanol–water partition coefficient (Wildman–Crippen LogP) is 13.9. The topological polar surface area (TPSA) is 281 Å². The van der Waals surface area contributed by atoms with E-state index >= 15 is 0 Å². The third-order valence-corrected chi connectivity index (χ3v) is 40.2. The number of aryl methyl sites for hydroxylation is 4. The first-order valence-corrected chi connectivity index (χ1v) is 52.6.